The molecule has 11 nitrogen and oxygen atoms in total. The Hall–Kier alpha value is -6.04. The van der Waals surface area contributed by atoms with Gasteiger partial charge in [0.2, 0.25) is 23.4 Å². The van der Waals surface area contributed by atoms with Crippen LogP contribution in [-0.2, 0) is 28.8 Å². The third-order valence-corrected chi connectivity index (χ3v) is 11.1. The lowest BCUT2D eigenvalue weighted by atomic mass is 9.95. The summed E-state index contributed by atoms with van der Waals surface area (Å²) in [5.74, 6) is -3.34. The number of halogens is 2. The second kappa shape index (κ2) is 22.0. The van der Waals surface area contributed by atoms with Crippen LogP contribution in [0.2, 0.25) is 10.0 Å². The SMILES string of the molecule is O=C(CN(C(=O)C(=O)/C=C/c1ccc(Cl)cc1)c1ccc(Oc2ccc(N(CC(=O)NC3CCCCC3)C(=O)C(=O)/C=C/c3ccc(Cl)cc3)cc2)cc1)NC1CCCCC1. The molecule has 4 aromatic rings. The molecule has 0 unspecified atom stereocenters. The van der Waals surface area contributed by atoms with Crippen LogP contribution in [0.5, 0.6) is 11.5 Å². The molecule has 0 saturated heterocycles. The highest BCUT2D eigenvalue weighted by molar-refractivity contribution is 6.46. The van der Waals surface area contributed by atoms with Crippen molar-refractivity contribution in [2.24, 2.45) is 0 Å². The Kier molecular flexibility index (Phi) is 16.0. The molecule has 61 heavy (non-hydrogen) atoms. The number of amides is 4. The summed E-state index contributed by atoms with van der Waals surface area (Å²) in [5, 5.41) is 7.11. The predicted molar refractivity (Wildman–Crippen MR) is 239 cm³/mol. The summed E-state index contributed by atoms with van der Waals surface area (Å²) in [5.41, 5.74) is 1.99. The Morgan fingerprint density at radius 1 is 0.508 bits per heavy atom. The highest BCUT2D eigenvalue weighted by atomic mass is 35.5. The normalized spacial score (nSPS) is 14.7. The van der Waals surface area contributed by atoms with Gasteiger partial charge in [0.05, 0.1) is 0 Å². The van der Waals surface area contributed by atoms with E-state index in [0.717, 1.165) is 74.0 Å². The molecule has 4 amide bonds. The molecule has 2 N–H and O–H groups in total. The van der Waals surface area contributed by atoms with E-state index in [9.17, 15) is 28.8 Å². The third kappa shape index (κ3) is 13.5. The average Bonchev–Trinajstić information content (AvgIpc) is 3.27. The van der Waals surface area contributed by atoms with Gasteiger partial charge in [0.15, 0.2) is 0 Å². The number of rotatable bonds is 16. The molecule has 0 heterocycles. The highest BCUT2D eigenvalue weighted by Crippen LogP contribution is 2.28. The van der Waals surface area contributed by atoms with Crippen molar-refractivity contribution in [3.63, 3.8) is 0 Å². The first-order chi connectivity index (χ1) is 29.5. The minimum atomic E-state index is -0.876. The molecule has 0 radical (unpaired) electrons. The Morgan fingerprint density at radius 2 is 0.852 bits per heavy atom. The fourth-order valence-corrected chi connectivity index (χ4v) is 7.56. The number of benzene rings is 4. The summed E-state index contributed by atoms with van der Waals surface area (Å²) >= 11 is 12.0. The smallest absolute Gasteiger partial charge is 0.299 e. The molecular formula is C48H48Cl2N4O7. The molecule has 316 valence electrons. The molecular weight excluding hydrogens is 815 g/mol. The van der Waals surface area contributed by atoms with Gasteiger partial charge in [0.1, 0.15) is 24.6 Å². The second-order valence-corrected chi connectivity index (χ2v) is 16.0. The Morgan fingerprint density at radius 3 is 1.20 bits per heavy atom. The van der Waals surface area contributed by atoms with E-state index in [1.807, 2.05) is 0 Å². The van der Waals surface area contributed by atoms with Gasteiger partial charge in [-0.25, -0.2) is 0 Å². The van der Waals surface area contributed by atoms with Crippen molar-refractivity contribution < 1.29 is 33.5 Å². The van der Waals surface area contributed by atoms with Gasteiger partial charge in [-0.05, 0) is 122 Å². The number of hydrogen-bond donors (Lipinski definition) is 2. The maximum atomic E-state index is 13.6. The molecule has 0 spiro atoms. The number of ketones is 2. The van der Waals surface area contributed by atoms with Crippen LogP contribution in [0.1, 0.15) is 75.3 Å². The van der Waals surface area contributed by atoms with Crippen molar-refractivity contribution in [2.75, 3.05) is 22.9 Å². The van der Waals surface area contributed by atoms with Crippen LogP contribution < -0.4 is 25.2 Å². The summed E-state index contributed by atoms with van der Waals surface area (Å²) in [4.78, 5) is 82.2. The van der Waals surface area contributed by atoms with Gasteiger partial charge in [0.25, 0.3) is 11.8 Å². The van der Waals surface area contributed by atoms with E-state index < -0.39 is 23.4 Å². The summed E-state index contributed by atoms with van der Waals surface area (Å²) in [6.07, 6.45) is 15.1. The maximum absolute atomic E-state index is 13.6. The van der Waals surface area contributed by atoms with Crippen molar-refractivity contribution in [1.29, 1.82) is 0 Å². The monoisotopic (exact) mass is 862 g/mol. The van der Waals surface area contributed by atoms with Gasteiger partial charge < -0.3 is 15.4 Å². The zero-order valence-corrected chi connectivity index (χ0v) is 35.2. The Balaban J connectivity index is 1.16. The molecule has 2 aliphatic carbocycles. The number of ether oxygens (including phenoxy) is 1. The van der Waals surface area contributed by atoms with Gasteiger partial charge in [0, 0.05) is 33.5 Å². The molecule has 2 fully saturated rings. The molecule has 2 saturated carbocycles. The number of hydrogen-bond acceptors (Lipinski definition) is 7. The predicted octanol–water partition coefficient (Wildman–Crippen LogP) is 8.91. The van der Waals surface area contributed by atoms with E-state index in [-0.39, 0.29) is 37.0 Å². The van der Waals surface area contributed by atoms with Crippen LogP contribution in [0, 0.1) is 0 Å². The van der Waals surface area contributed by atoms with Gasteiger partial charge in [-0.15, -0.1) is 0 Å². The van der Waals surface area contributed by atoms with Crippen molar-refractivity contribution in [3.8, 4) is 11.5 Å². The largest absolute Gasteiger partial charge is 0.457 e. The first-order valence-electron chi connectivity index (χ1n) is 20.6. The van der Waals surface area contributed by atoms with Crippen molar-refractivity contribution in [1.82, 2.24) is 10.6 Å². The van der Waals surface area contributed by atoms with Crippen LogP contribution >= 0.6 is 23.2 Å². The second-order valence-electron chi connectivity index (χ2n) is 15.2. The molecule has 0 bridgehead atoms. The molecule has 6 rings (SSSR count). The van der Waals surface area contributed by atoms with Crippen LogP contribution in [0.25, 0.3) is 12.2 Å². The van der Waals surface area contributed by atoms with E-state index in [1.165, 1.54) is 24.3 Å². The lowest BCUT2D eigenvalue weighted by Crippen LogP contribution is -2.46. The van der Waals surface area contributed by atoms with Gasteiger partial charge in [-0.3, -0.25) is 38.6 Å². The quantitative estimate of drug-likeness (QED) is 0.0847. The van der Waals surface area contributed by atoms with Crippen LogP contribution in [0.4, 0.5) is 11.4 Å². The first kappa shape index (κ1) is 44.5. The fraction of sp³-hybridized carbons (Fsp3) is 0.292. The zero-order chi connectivity index (χ0) is 43.1. The van der Waals surface area contributed by atoms with Gasteiger partial charge in [-0.1, -0.05) is 98.1 Å². The van der Waals surface area contributed by atoms with Crippen molar-refractivity contribution >= 4 is 81.9 Å². The lowest BCUT2D eigenvalue weighted by Gasteiger charge is -2.26. The van der Waals surface area contributed by atoms with E-state index in [1.54, 1.807) is 97.1 Å². The van der Waals surface area contributed by atoms with E-state index >= 15 is 0 Å². The van der Waals surface area contributed by atoms with E-state index in [4.69, 9.17) is 27.9 Å². The Labute approximate surface area is 365 Å². The van der Waals surface area contributed by atoms with E-state index in [0.29, 0.717) is 44.0 Å². The zero-order valence-electron chi connectivity index (χ0n) is 33.7. The van der Waals surface area contributed by atoms with Crippen LogP contribution in [0.15, 0.2) is 109 Å². The van der Waals surface area contributed by atoms with Gasteiger partial charge >= 0.3 is 0 Å². The van der Waals surface area contributed by atoms with Gasteiger partial charge in [-0.2, -0.15) is 0 Å². The standard InChI is InChI=1S/C48H48Cl2N4O7/c49-35-17-11-33(12-18-35)15-29-43(55)47(59)53(31-45(57)51-37-7-3-1-4-8-37)39-21-25-41(26-22-39)61-42-27-23-40(24-28-42)54(32-46(58)52-38-9-5-2-6-10-38)48(60)44(56)30-16-34-13-19-36(50)20-14-34/h11-30,37-38H,1-10,31-32H2,(H,51,57)(H,52,58)/b29-15+,30-16+. The molecule has 2 aliphatic rings. The lowest BCUT2D eigenvalue weighted by molar-refractivity contribution is -0.134. The maximum Gasteiger partial charge on any atom is 0.299 e. The number of anilines is 2. The molecule has 13 heteroatoms. The molecule has 0 aliphatic heterocycles. The number of nitrogens with one attached hydrogen (secondary N) is 2. The minimum Gasteiger partial charge on any atom is -0.457 e. The molecule has 4 aromatic carbocycles. The van der Waals surface area contributed by atoms with Crippen molar-refractivity contribution in [3.05, 3.63) is 130 Å². The van der Waals surface area contributed by atoms with E-state index in [2.05, 4.69) is 10.6 Å². The third-order valence-electron chi connectivity index (χ3n) is 10.6. The molecule has 0 aromatic heterocycles. The highest BCUT2D eigenvalue weighted by Gasteiger charge is 2.27. The average molecular weight is 864 g/mol. The summed E-state index contributed by atoms with van der Waals surface area (Å²) in [6, 6.07) is 26.4. The first-order valence-corrected chi connectivity index (χ1v) is 21.3. The number of carbonyl (C=O) groups is 6. The summed E-state index contributed by atoms with van der Waals surface area (Å²) in [7, 11) is 0. The molecule has 0 atom stereocenters. The Bertz CT molecular complexity index is 2070. The van der Waals surface area contributed by atoms with Crippen LogP contribution in [0.3, 0.4) is 0 Å². The van der Waals surface area contributed by atoms with Crippen molar-refractivity contribution in [2.45, 2.75) is 76.3 Å². The number of carbonyl (C=O) groups excluding carboxylic acids is 6. The number of nitrogens with zero attached hydrogens (tertiary/aromatic N) is 2. The summed E-state index contributed by atoms with van der Waals surface area (Å²) < 4.78 is 6.08. The summed E-state index contributed by atoms with van der Waals surface area (Å²) in [6.45, 7) is -0.713. The fourth-order valence-electron chi connectivity index (χ4n) is 7.31. The minimum absolute atomic E-state index is 0.0159. The topological polar surface area (TPSA) is 142 Å². The van der Waals surface area contributed by atoms with Crippen LogP contribution in [-0.4, -0.2) is 60.4 Å².